The molecule has 4 amide bonds. The largest absolute Gasteiger partial charge is 0.394 e. The minimum absolute atomic E-state index is 0.851. The van der Waals surface area contributed by atoms with E-state index in [1.54, 1.807) is 0 Å². The average molecular weight is 2100 g/mol. The molecule has 36 N–H and O–H groups in total. The van der Waals surface area contributed by atoms with Crippen LogP contribution in [-0.4, -0.2) is 621 Å². The van der Waals surface area contributed by atoms with Gasteiger partial charge in [0, 0.05) is 27.7 Å². The van der Waals surface area contributed by atoms with Gasteiger partial charge < -0.3 is 294 Å². The van der Waals surface area contributed by atoms with Gasteiger partial charge in [-0.3, -0.25) is 19.2 Å². The molecule has 12 fully saturated rings. The van der Waals surface area contributed by atoms with Crippen LogP contribution < -0.4 is 21.3 Å². The molecule has 12 saturated heterocycles. The van der Waals surface area contributed by atoms with Gasteiger partial charge in [0.05, 0.1) is 78.3 Å². The van der Waals surface area contributed by atoms with Gasteiger partial charge in [-0.1, -0.05) is 0 Å². The van der Waals surface area contributed by atoms with E-state index >= 15 is 0 Å². The summed E-state index contributed by atoms with van der Waals surface area (Å²) in [6, 6.07) is -8.11. The number of carbonyl (C=O) groups is 4. The molecule has 828 valence electrons. The molecular weight excluding hydrogens is 1960 g/mol. The Balaban J connectivity index is 0.953. The molecule has 0 radical (unpaired) electrons. The normalized spacial score (nSPS) is 50.7. The van der Waals surface area contributed by atoms with E-state index in [4.69, 9.17) is 109 Å². The van der Waals surface area contributed by atoms with Crippen LogP contribution in [-0.2, 0) is 128 Å². The number of aliphatic hydroxyl groups is 32. The zero-order valence-electron chi connectivity index (χ0n) is 77.0. The van der Waals surface area contributed by atoms with E-state index in [2.05, 4.69) is 21.3 Å². The Labute approximate surface area is 809 Å². The summed E-state index contributed by atoms with van der Waals surface area (Å²) in [5.41, 5.74) is 0. The molecule has 12 rings (SSSR count). The van der Waals surface area contributed by atoms with Crippen LogP contribution in [0.25, 0.3) is 0 Å². The number of rotatable bonds is 36. The second-order valence-corrected chi connectivity index (χ2v) is 36.6. The van der Waals surface area contributed by atoms with Gasteiger partial charge in [-0.05, 0) is 13.8 Å². The third-order valence-electron chi connectivity index (χ3n) is 26.6. The Hall–Kier alpha value is -4.32. The van der Waals surface area contributed by atoms with Crippen molar-refractivity contribution >= 4 is 23.6 Å². The van der Waals surface area contributed by atoms with Crippen molar-refractivity contribution in [3.8, 4) is 0 Å². The Morgan fingerprint density at radius 3 is 0.895 bits per heavy atom. The van der Waals surface area contributed by atoms with Crippen molar-refractivity contribution in [1.29, 1.82) is 0 Å². The van der Waals surface area contributed by atoms with Crippen molar-refractivity contribution in [3.05, 3.63) is 0 Å². The van der Waals surface area contributed by atoms with E-state index in [0.717, 1.165) is 27.7 Å². The van der Waals surface area contributed by atoms with Crippen molar-refractivity contribution in [2.75, 3.05) is 66.1 Å². The Morgan fingerprint density at radius 2 is 0.448 bits per heavy atom. The average Bonchev–Trinajstić information content (AvgIpc) is 0.781. The summed E-state index contributed by atoms with van der Waals surface area (Å²) in [7, 11) is 0. The standard InChI is InChI=1S/C80H134N4O59/c1-17-37(96)48(107)53(112)73(124-17)123-16-32-63(46(105)33(69(120)126-32)81-19(3)92)137-71-35(83-21(5)94)47(106)61(27(11-89)131-71)138-79-60(119)67(44(103)31(135-79)15-122-75-59(118)66(141-78-57(116)52(111)42(101)26(10-88)130-78)43(102)30(134-75)14-121-74-54(113)50(109)40(99)24(8-86)128-74)142-80-68(58(117)62(28(12-90)133-80)136-70-34(82-20(4)93)45(104)39(98)23(7-85)127-70)143-72-36(84-22(6)95)65(140-76-55(114)49(108)38(97)18(2)125-76)64(29(13-91)132-72)139-77-56(115)51(110)41(100)25(9-87)129-77/h17-18,23-80,85-91,96-120H,7-16H2,1-6H3,(H,81,92)(H,82,93)(H,83,94)(H,84,95)/t17-,18-,23+,24+,25+,26+,27+,28+,29+,30+,31+,32+,33+,34+,35+,36+,37+,38+,39+,40+,41-,42+,43+,44+,45+,46+,47+,48+,49+,50-,51-,52-,53-,54-,55-,56+,57-,58-,59-,60-,61+,62+,63+,64+,65+,66-,67-,68-,69?,70-,71-,72-,73+,74-,75-,76-,77-,78+,79-,80+/m0/s1. The maximum atomic E-state index is 13.9. The highest BCUT2D eigenvalue weighted by molar-refractivity contribution is 5.74. The third-order valence-corrected chi connectivity index (χ3v) is 26.6. The number of aliphatic hydroxyl groups excluding tert-OH is 32. The number of hydrogen-bond acceptors (Lipinski definition) is 59. The van der Waals surface area contributed by atoms with E-state index in [9.17, 15) is 183 Å². The highest BCUT2D eigenvalue weighted by Crippen LogP contribution is 2.43. The van der Waals surface area contributed by atoms with Gasteiger partial charge in [-0.15, -0.1) is 0 Å². The first-order chi connectivity index (χ1) is 67.6. The molecule has 1 unspecified atom stereocenters. The molecule has 63 heteroatoms. The number of hydrogen-bond donors (Lipinski definition) is 36. The Morgan fingerprint density at radius 1 is 0.196 bits per heavy atom. The molecular formula is C80H134N4O59. The molecule has 60 atom stereocenters. The Bertz CT molecular complexity index is 3960. The first-order valence-electron chi connectivity index (χ1n) is 45.9. The molecule has 0 spiro atoms. The molecule has 0 aliphatic carbocycles. The van der Waals surface area contributed by atoms with Crippen LogP contribution in [0.15, 0.2) is 0 Å². The van der Waals surface area contributed by atoms with Crippen LogP contribution in [0.4, 0.5) is 0 Å². The smallest absolute Gasteiger partial charge is 0.217 e. The second-order valence-electron chi connectivity index (χ2n) is 36.6. The fourth-order valence-corrected chi connectivity index (χ4v) is 18.6. The summed E-state index contributed by atoms with van der Waals surface area (Å²) in [6.07, 6.45) is -122. The second kappa shape index (κ2) is 51.0. The first kappa shape index (κ1) is 117. The zero-order chi connectivity index (χ0) is 105. The number of ether oxygens (including phenoxy) is 23. The number of nitrogens with one attached hydrogen (secondary N) is 4. The number of carbonyl (C=O) groups excluding carboxylic acids is 4. The van der Waals surface area contributed by atoms with Gasteiger partial charge in [-0.25, -0.2) is 0 Å². The molecule has 63 nitrogen and oxygen atoms in total. The maximum Gasteiger partial charge on any atom is 0.217 e. The summed E-state index contributed by atoms with van der Waals surface area (Å²) in [6.45, 7) is -5.70. The fraction of sp³-hybridized carbons (Fsp3) is 0.950. The lowest BCUT2D eigenvalue weighted by Gasteiger charge is -2.53. The maximum absolute atomic E-state index is 13.9. The van der Waals surface area contributed by atoms with Crippen molar-refractivity contribution < 1.29 is 292 Å². The lowest BCUT2D eigenvalue weighted by atomic mass is 9.93. The van der Waals surface area contributed by atoms with Gasteiger partial charge in [-0.2, -0.15) is 0 Å². The van der Waals surface area contributed by atoms with Crippen LogP contribution in [0.5, 0.6) is 0 Å². The zero-order valence-corrected chi connectivity index (χ0v) is 77.0. The van der Waals surface area contributed by atoms with Crippen molar-refractivity contribution in [2.24, 2.45) is 0 Å². The predicted octanol–water partition coefficient (Wildman–Crippen LogP) is -24.5. The van der Waals surface area contributed by atoms with E-state index in [1.165, 1.54) is 13.8 Å². The van der Waals surface area contributed by atoms with Crippen molar-refractivity contribution in [2.45, 2.75) is 410 Å². The lowest BCUT2D eigenvalue weighted by Crippen LogP contribution is -2.72. The van der Waals surface area contributed by atoms with Crippen molar-refractivity contribution in [1.82, 2.24) is 21.3 Å². The van der Waals surface area contributed by atoms with Gasteiger partial charge >= 0.3 is 0 Å². The minimum Gasteiger partial charge on any atom is -0.394 e. The summed E-state index contributed by atoms with van der Waals surface area (Å²) < 4.78 is 139. The summed E-state index contributed by atoms with van der Waals surface area (Å²) in [5, 5.41) is 372. The molecule has 0 saturated carbocycles. The van der Waals surface area contributed by atoms with Crippen LogP contribution >= 0.6 is 0 Å². The molecule has 0 bridgehead atoms. The van der Waals surface area contributed by atoms with Crippen molar-refractivity contribution in [3.63, 3.8) is 0 Å². The topological polar surface area (TPSA) is 976 Å². The number of amides is 4. The summed E-state index contributed by atoms with van der Waals surface area (Å²) >= 11 is 0. The highest BCUT2D eigenvalue weighted by Gasteiger charge is 2.64. The molecule has 143 heavy (non-hydrogen) atoms. The monoisotopic (exact) mass is 2090 g/mol. The van der Waals surface area contributed by atoms with Crippen LogP contribution in [0.1, 0.15) is 41.5 Å². The molecule has 12 heterocycles. The van der Waals surface area contributed by atoms with Gasteiger partial charge in [0.2, 0.25) is 23.6 Å². The summed E-state index contributed by atoms with van der Waals surface area (Å²) in [5.74, 6) is -4.02. The van der Waals surface area contributed by atoms with Gasteiger partial charge in [0.15, 0.2) is 75.5 Å². The van der Waals surface area contributed by atoms with Crippen LogP contribution in [0.3, 0.4) is 0 Å². The highest BCUT2D eigenvalue weighted by atomic mass is 16.8. The molecule has 0 aromatic heterocycles. The summed E-state index contributed by atoms with van der Waals surface area (Å²) in [4.78, 5) is 53.0. The lowest BCUT2D eigenvalue weighted by molar-refractivity contribution is -0.409. The van der Waals surface area contributed by atoms with Crippen LogP contribution in [0.2, 0.25) is 0 Å². The molecule has 12 aliphatic heterocycles. The van der Waals surface area contributed by atoms with E-state index in [0.29, 0.717) is 0 Å². The van der Waals surface area contributed by atoms with E-state index < -0.39 is 458 Å². The third kappa shape index (κ3) is 25.9. The fourth-order valence-electron chi connectivity index (χ4n) is 18.6. The minimum atomic E-state index is -2.81. The van der Waals surface area contributed by atoms with Crippen LogP contribution in [0, 0.1) is 0 Å². The molecule has 0 aromatic rings. The quantitative estimate of drug-likeness (QED) is 0.0277. The SMILES string of the molecule is CC(=O)N[C@H]1[C@H](O[C@H]2[C@H](O)[C@@H](NC(C)=O)C(O)O[C@@H]2CO[C@@H]2O[C@@H](C)[C@@H](O)[C@@H](O)[C@@H]2O)O[C@H](CO)[C@@H](O[C@@H]2O[C@H](CO[C@H]3O[C@H](CO[C@H]4O[C@H](CO)[C@@H](O)[C@H](O)[C@@H]4O)[C@@H](O)[C@H](O[C@H]4O[C@H](CO)[C@@H](O)[C@H](O)[C@@H]4O)[C@@H]3O)[C@@H](O)[C@H](O[C@H]3O[C@H](CO)[C@@H](O[C@@H]4O[C@H](CO)[C@@H](O)[C@H](O)[C@H]4NC(C)=O)[C@H](O)[C@@H]3O[C@@H]3O[C@H](CO)[C@@H](O[C@@H]4O[C@H](CO)[C@H](O)[C@H](O)[C@H]4O)[C@H](O[C@@H]4O[C@@H](C)[C@@H](O)[C@@H](O)[C@@H]4O)[C@H]3NC(C)=O)[C@@H]2O)[C@@H]1O. The predicted molar refractivity (Wildman–Crippen MR) is 439 cm³/mol. The van der Waals surface area contributed by atoms with E-state index in [-0.39, 0.29) is 0 Å². The molecule has 12 aliphatic rings. The Kier molecular flexibility index (Phi) is 41.8. The first-order valence-corrected chi connectivity index (χ1v) is 45.9. The van der Waals surface area contributed by atoms with Gasteiger partial charge in [0.1, 0.15) is 281 Å². The van der Waals surface area contributed by atoms with E-state index in [1.807, 2.05) is 0 Å². The van der Waals surface area contributed by atoms with Gasteiger partial charge in [0.25, 0.3) is 0 Å². The molecule has 0 aromatic carbocycles.